The highest BCUT2D eigenvalue weighted by molar-refractivity contribution is 9.10. The van der Waals surface area contributed by atoms with Crippen molar-refractivity contribution in [1.29, 1.82) is 5.26 Å². The van der Waals surface area contributed by atoms with E-state index in [-0.39, 0.29) is 11.7 Å². The van der Waals surface area contributed by atoms with Gasteiger partial charge in [0.1, 0.15) is 5.92 Å². The average Bonchev–Trinajstić information content (AvgIpc) is 2.99. The Morgan fingerprint density at radius 1 is 1.56 bits per heavy atom. The molecule has 0 spiro atoms. The SMILES string of the molecule is CC1CC1C(=O)C(C#N)c1ccccc1Br. The van der Waals surface area contributed by atoms with Crippen molar-refractivity contribution in [2.24, 2.45) is 11.8 Å². The van der Waals surface area contributed by atoms with Crippen molar-refractivity contribution in [1.82, 2.24) is 0 Å². The van der Waals surface area contributed by atoms with Gasteiger partial charge in [0.25, 0.3) is 0 Å². The fraction of sp³-hybridized carbons (Fsp3) is 0.385. The van der Waals surface area contributed by atoms with Crippen LogP contribution in [0.25, 0.3) is 0 Å². The van der Waals surface area contributed by atoms with Crippen LogP contribution in [0.3, 0.4) is 0 Å². The summed E-state index contributed by atoms with van der Waals surface area (Å²) in [4.78, 5) is 12.1. The third-order valence-electron chi connectivity index (χ3n) is 3.10. The summed E-state index contributed by atoms with van der Waals surface area (Å²) in [6.07, 6.45) is 0.932. The van der Waals surface area contributed by atoms with Gasteiger partial charge in [-0.3, -0.25) is 4.79 Å². The molecule has 1 aliphatic carbocycles. The molecule has 1 saturated carbocycles. The molecule has 0 aromatic heterocycles. The number of ketones is 1. The zero-order valence-electron chi connectivity index (χ0n) is 8.98. The lowest BCUT2D eigenvalue weighted by Crippen LogP contribution is -2.14. The number of hydrogen-bond donors (Lipinski definition) is 0. The molecule has 1 fully saturated rings. The van der Waals surface area contributed by atoms with Gasteiger partial charge in [-0.15, -0.1) is 0 Å². The van der Waals surface area contributed by atoms with Crippen molar-refractivity contribution in [3.63, 3.8) is 0 Å². The third-order valence-corrected chi connectivity index (χ3v) is 3.83. The Morgan fingerprint density at radius 2 is 2.19 bits per heavy atom. The molecule has 0 bridgehead atoms. The maximum absolute atomic E-state index is 12.1. The minimum Gasteiger partial charge on any atom is -0.298 e. The van der Waals surface area contributed by atoms with Crippen LogP contribution in [0.5, 0.6) is 0 Å². The number of Topliss-reactive ketones (excluding diaryl/α,β-unsaturated/α-hetero) is 1. The largest absolute Gasteiger partial charge is 0.298 e. The topological polar surface area (TPSA) is 40.9 Å². The quantitative estimate of drug-likeness (QED) is 0.851. The highest BCUT2D eigenvalue weighted by Crippen LogP contribution is 2.42. The number of carbonyl (C=O) groups excluding carboxylic acids is 1. The molecule has 0 N–H and O–H groups in total. The molecule has 1 aromatic rings. The third kappa shape index (κ3) is 2.03. The molecule has 2 nitrogen and oxygen atoms in total. The molecular formula is C13H12BrNO. The van der Waals surface area contributed by atoms with Gasteiger partial charge in [-0.05, 0) is 24.0 Å². The average molecular weight is 278 g/mol. The van der Waals surface area contributed by atoms with Crippen molar-refractivity contribution >= 4 is 21.7 Å². The summed E-state index contributed by atoms with van der Waals surface area (Å²) in [5, 5.41) is 9.15. The first kappa shape index (κ1) is 11.3. The smallest absolute Gasteiger partial charge is 0.157 e. The zero-order chi connectivity index (χ0) is 11.7. The van der Waals surface area contributed by atoms with Gasteiger partial charge in [-0.25, -0.2) is 0 Å². The molecule has 1 aromatic carbocycles. The lowest BCUT2D eigenvalue weighted by Gasteiger charge is -2.09. The molecule has 3 unspecified atom stereocenters. The molecule has 16 heavy (non-hydrogen) atoms. The predicted molar refractivity (Wildman–Crippen MR) is 64.8 cm³/mol. The summed E-state index contributed by atoms with van der Waals surface area (Å²) in [6.45, 7) is 2.05. The van der Waals surface area contributed by atoms with Gasteiger partial charge in [-0.1, -0.05) is 41.1 Å². The number of halogens is 1. The second-order valence-corrected chi connectivity index (χ2v) is 5.16. The van der Waals surface area contributed by atoms with Crippen molar-refractivity contribution < 1.29 is 4.79 Å². The predicted octanol–water partition coefficient (Wildman–Crippen LogP) is 3.28. The highest BCUT2D eigenvalue weighted by Gasteiger charge is 2.42. The Kier molecular flexibility index (Phi) is 3.11. The van der Waals surface area contributed by atoms with Crippen molar-refractivity contribution in [2.45, 2.75) is 19.3 Å². The molecule has 0 amide bonds. The summed E-state index contributed by atoms with van der Waals surface area (Å²) in [6, 6.07) is 9.56. The minimum atomic E-state index is -0.620. The van der Waals surface area contributed by atoms with Gasteiger partial charge in [0.15, 0.2) is 5.78 Å². The Morgan fingerprint density at radius 3 is 2.69 bits per heavy atom. The first-order valence-electron chi connectivity index (χ1n) is 5.33. The molecule has 1 aliphatic rings. The zero-order valence-corrected chi connectivity index (χ0v) is 10.6. The van der Waals surface area contributed by atoms with Gasteiger partial charge in [0.2, 0.25) is 0 Å². The highest BCUT2D eigenvalue weighted by atomic mass is 79.9. The summed E-state index contributed by atoms with van der Waals surface area (Å²) in [7, 11) is 0. The van der Waals surface area contributed by atoms with E-state index in [1.54, 1.807) is 0 Å². The number of benzene rings is 1. The minimum absolute atomic E-state index is 0.0712. The van der Waals surface area contributed by atoms with Gasteiger partial charge in [0.05, 0.1) is 6.07 Å². The normalized spacial score (nSPS) is 24.6. The van der Waals surface area contributed by atoms with Crippen LogP contribution in [0.1, 0.15) is 24.8 Å². The van der Waals surface area contributed by atoms with E-state index < -0.39 is 5.92 Å². The van der Waals surface area contributed by atoms with Crippen molar-refractivity contribution in [3.8, 4) is 6.07 Å². The lowest BCUT2D eigenvalue weighted by molar-refractivity contribution is -0.120. The van der Waals surface area contributed by atoms with E-state index in [4.69, 9.17) is 5.26 Å². The Hall–Kier alpha value is -1.14. The second-order valence-electron chi connectivity index (χ2n) is 4.31. The molecule has 2 rings (SSSR count). The van der Waals surface area contributed by atoms with Crippen LogP contribution < -0.4 is 0 Å². The Balaban J connectivity index is 2.27. The fourth-order valence-corrected chi connectivity index (χ4v) is 2.44. The van der Waals surface area contributed by atoms with E-state index in [1.807, 2.05) is 24.3 Å². The Bertz CT molecular complexity index is 463. The van der Waals surface area contributed by atoms with E-state index in [9.17, 15) is 4.79 Å². The van der Waals surface area contributed by atoms with Gasteiger partial charge >= 0.3 is 0 Å². The van der Waals surface area contributed by atoms with E-state index in [2.05, 4.69) is 28.9 Å². The van der Waals surface area contributed by atoms with Gasteiger partial charge in [0, 0.05) is 10.4 Å². The maximum atomic E-state index is 12.1. The Labute approximate surface area is 103 Å². The molecule has 0 radical (unpaired) electrons. The number of nitriles is 1. The summed E-state index contributed by atoms with van der Waals surface area (Å²) >= 11 is 3.39. The maximum Gasteiger partial charge on any atom is 0.157 e. The van der Waals surface area contributed by atoms with Crippen molar-refractivity contribution in [2.75, 3.05) is 0 Å². The lowest BCUT2D eigenvalue weighted by atomic mass is 9.93. The number of hydrogen-bond acceptors (Lipinski definition) is 2. The standard InChI is InChI=1S/C13H12BrNO/c1-8-6-10(8)13(16)11(7-15)9-4-2-3-5-12(9)14/h2-5,8,10-11H,6H2,1H3. The molecule has 82 valence electrons. The summed E-state index contributed by atoms with van der Waals surface area (Å²) in [5.74, 6) is -0.00461. The first-order chi connectivity index (χ1) is 7.65. The molecule has 0 heterocycles. The number of carbonyl (C=O) groups is 1. The van der Waals surface area contributed by atoms with E-state index in [0.29, 0.717) is 5.92 Å². The first-order valence-corrected chi connectivity index (χ1v) is 6.12. The molecule has 3 atom stereocenters. The monoisotopic (exact) mass is 277 g/mol. The molecule has 0 saturated heterocycles. The number of nitrogens with zero attached hydrogens (tertiary/aromatic N) is 1. The van der Waals surface area contributed by atoms with Crippen molar-refractivity contribution in [3.05, 3.63) is 34.3 Å². The van der Waals surface area contributed by atoms with Crippen LogP contribution in [0, 0.1) is 23.2 Å². The van der Waals surface area contributed by atoms with E-state index in [1.165, 1.54) is 0 Å². The van der Waals surface area contributed by atoms with Crippen LogP contribution in [-0.2, 0) is 4.79 Å². The van der Waals surface area contributed by atoms with E-state index in [0.717, 1.165) is 16.5 Å². The number of rotatable bonds is 3. The van der Waals surface area contributed by atoms with E-state index >= 15 is 0 Å². The molecular weight excluding hydrogens is 266 g/mol. The summed E-state index contributed by atoms with van der Waals surface area (Å²) in [5.41, 5.74) is 0.786. The van der Waals surface area contributed by atoms with Crippen LogP contribution in [-0.4, -0.2) is 5.78 Å². The van der Waals surface area contributed by atoms with Crippen LogP contribution in [0.2, 0.25) is 0 Å². The fourth-order valence-electron chi connectivity index (χ4n) is 1.93. The van der Waals surface area contributed by atoms with Gasteiger partial charge < -0.3 is 0 Å². The van der Waals surface area contributed by atoms with Crippen LogP contribution >= 0.6 is 15.9 Å². The molecule has 3 heteroatoms. The van der Waals surface area contributed by atoms with Gasteiger partial charge in [-0.2, -0.15) is 5.26 Å². The molecule has 0 aliphatic heterocycles. The van der Waals surface area contributed by atoms with Crippen LogP contribution in [0.15, 0.2) is 28.7 Å². The summed E-state index contributed by atoms with van der Waals surface area (Å²) < 4.78 is 0.836. The van der Waals surface area contributed by atoms with Crippen LogP contribution in [0.4, 0.5) is 0 Å². The second kappa shape index (κ2) is 4.39.